The maximum absolute atomic E-state index is 12.3. The van der Waals surface area contributed by atoms with Crippen molar-refractivity contribution in [2.75, 3.05) is 0 Å². The predicted molar refractivity (Wildman–Crippen MR) is 94.1 cm³/mol. The number of rotatable bonds is 6. The molecule has 0 unspecified atom stereocenters. The van der Waals surface area contributed by atoms with E-state index in [0.717, 1.165) is 50.8 Å². The fourth-order valence-electron chi connectivity index (χ4n) is 4.12. The van der Waals surface area contributed by atoms with E-state index in [1.807, 2.05) is 0 Å². The summed E-state index contributed by atoms with van der Waals surface area (Å²) < 4.78 is 2.96. The van der Waals surface area contributed by atoms with Crippen LogP contribution in [0.4, 0.5) is 0 Å². The van der Waals surface area contributed by atoms with Crippen LogP contribution in [0.3, 0.4) is 0 Å². The van der Waals surface area contributed by atoms with Gasteiger partial charge in [-0.15, -0.1) is 0 Å². The van der Waals surface area contributed by atoms with E-state index in [-0.39, 0.29) is 17.6 Å². The molecule has 7 heteroatoms. The van der Waals surface area contributed by atoms with Crippen molar-refractivity contribution >= 4 is 5.91 Å². The van der Waals surface area contributed by atoms with Gasteiger partial charge in [0.05, 0.1) is 5.60 Å². The number of carbonyl (C=O) groups is 1. The number of aryl methyl sites for hydroxylation is 1. The molecule has 2 aliphatic carbocycles. The fraction of sp³-hybridized carbons (Fsp3) is 0.833. The Balaban J connectivity index is 1.57. The van der Waals surface area contributed by atoms with Gasteiger partial charge in [-0.05, 0) is 44.4 Å². The number of nitrogens with one attached hydrogen (secondary N) is 1. The van der Waals surface area contributed by atoms with Gasteiger partial charge in [0.15, 0.2) is 0 Å². The molecule has 140 valence electrons. The summed E-state index contributed by atoms with van der Waals surface area (Å²) >= 11 is 0. The molecule has 2 atom stereocenters. The third kappa shape index (κ3) is 4.14. The molecule has 7 nitrogen and oxygen atoms in total. The smallest absolute Gasteiger partial charge is 0.345 e. The zero-order valence-corrected chi connectivity index (χ0v) is 15.3. The summed E-state index contributed by atoms with van der Waals surface area (Å²) in [6, 6.07) is 0.134. The van der Waals surface area contributed by atoms with E-state index >= 15 is 0 Å². The molecule has 0 radical (unpaired) electrons. The molecular weight excluding hydrogens is 320 g/mol. The highest BCUT2D eigenvalue weighted by atomic mass is 16.3. The van der Waals surface area contributed by atoms with Crippen LogP contribution in [0, 0.1) is 5.92 Å². The number of hydrogen-bond acceptors (Lipinski definition) is 4. The number of amides is 1. The highest BCUT2D eigenvalue weighted by Gasteiger charge is 2.35. The topological polar surface area (TPSA) is 89.2 Å². The molecule has 1 aromatic rings. The first-order chi connectivity index (χ1) is 11.9. The molecule has 25 heavy (non-hydrogen) atoms. The van der Waals surface area contributed by atoms with Crippen LogP contribution in [-0.2, 0) is 25.3 Å². The second kappa shape index (κ2) is 7.32. The van der Waals surface area contributed by atoms with Gasteiger partial charge in [0, 0.05) is 33.0 Å². The first kappa shape index (κ1) is 18.2. The minimum Gasteiger partial charge on any atom is -0.390 e. The van der Waals surface area contributed by atoms with E-state index < -0.39 is 5.60 Å². The molecule has 0 bridgehead atoms. The SMILES string of the molecule is Cn1nc(C[C@H]2CCCC[C@H]2NC(=O)CCC2(O)CCC2)n(C)c1=O. The lowest BCUT2D eigenvalue weighted by Gasteiger charge is -2.37. The van der Waals surface area contributed by atoms with Crippen molar-refractivity contribution in [2.45, 2.75) is 75.9 Å². The lowest BCUT2D eigenvalue weighted by Crippen LogP contribution is -2.44. The van der Waals surface area contributed by atoms with Crippen LogP contribution < -0.4 is 11.0 Å². The molecule has 3 rings (SSSR count). The molecule has 2 saturated carbocycles. The van der Waals surface area contributed by atoms with Crippen LogP contribution in [0.15, 0.2) is 4.79 Å². The van der Waals surface area contributed by atoms with E-state index in [0.29, 0.717) is 25.2 Å². The Morgan fingerprint density at radius 1 is 1.28 bits per heavy atom. The predicted octanol–water partition coefficient (Wildman–Crippen LogP) is 1.03. The minimum atomic E-state index is -0.602. The molecule has 2 aliphatic rings. The first-order valence-electron chi connectivity index (χ1n) is 9.49. The second-order valence-electron chi connectivity index (χ2n) is 7.88. The molecule has 1 heterocycles. The molecule has 0 spiro atoms. The molecule has 1 aromatic heterocycles. The van der Waals surface area contributed by atoms with E-state index in [2.05, 4.69) is 10.4 Å². The van der Waals surface area contributed by atoms with Gasteiger partial charge < -0.3 is 10.4 Å². The molecule has 0 aliphatic heterocycles. The monoisotopic (exact) mass is 350 g/mol. The second-order valence-corrected chi connectivity index (χ2v) is 7.88. The maximum Gasteiger partial charge on any atom is 0.345 e. The van der Waals surface area contributed by atoms with Crippen molar-refractivity contribution in [3.63, 3.8) is 0 Å². The number of hydrogen-bond donors (Lipinski definition) is 2. The molecule has 2 fully saturated rings. The van der Waals surface area contributed by atoms with Crippen LogP contribution in [0.25, 0.3) is 0 Å². The average molecular weight is 350 g/mol. The lowest BCUT2D eigenvalue weighted by atomic mass is 9.77. The zero-order chi connectivity index (χ0) is 18.0. The Labute approximate surface area is 148 Å². The number of aliphatic hydroxyl groups is 1. The minimum absolute atomic E-state index is 0.0344. The van der Waals surface area contributed by atoms with Crippen molar-refractivity contribution < 1.29 is 9.90 Å². The molecule has 2 N–H and O–H groups in total. The number of nitrogens with zero attached hydrogens (tertiary/aromatic N) is 3. The van der Waals surface area contributed by atoms with Crippen molar-refractivity contribution in [3.8, 4) is 0 Å². The normalized spacial score (nSPS) is 25.4. The van der Waals surface area contributed by atoms with E-state index in [1.54, 1.807) is 18.7 Å². The third-order valence-corrected chi connectivity index (χ3v) is 6.02. The van der Waals surface area contributed by atoms with Gasteiger partial charge in [0.25, 0.3) is 0 Å². The van der Waals surface area contributed by atoms with Gasteiger partial charge in [-0.1, -0.05) is 12.8 Å². The molecule has 1 amide bonds. The Morgan fingerprint density at radius 2 is 2.00 bits per heavy atom. The number of aromatic nitrogens is 3. The fourth-order valence-corrected chi connectivity index (χ4v) is 4.12. The van der Waals surface area contributed by atoms with Gasteiger partial charge >= 0.3 is 5.69 Å². The average Bonchev–Trinajstić information content (AvgIpc) is 2.80. The molecule has 0 aromatic carbocycles. The molecular formula is C18H30N4O3. The Bertz CT molecular complexity index is 674. The summed E-state index contributed by atoms with van der Waals surface area (Å²) in [4.78, 5) is 24.2. The van der Waals surface area contributed by atoms with Crippen LogP contribution in [0.5, 0.6) is 0 Å². The first-order valence-corrected chi connectivity index (χ1v) is 9.49. The Kier molecular flexibility index (Phi) is 5.32. The summed E-state index contributed by atoms with van der Waals surface area (Å²) in [7, 11) is 3.41. The van der Waals surface area contributed by atoms with Gasteiger partial charge in [0.1, 0.15) is 5.82 Å². The van der Waals surface area contributed by atoms with Crippen molar-refractivity contribution in [2.24, 2.45) is 20.0 Å². The summed E-state index contributed by atoms with van der Waals surface area (Å²) in [6.45, 7) is 0. The summed E-state index contributed by atoms with van der Waals surface area (Å²) in [5, 5.41) is 17.7. The van der Waals surface area contributed by atoms with Crippen LogP contribution in [0.1, 0.15) is 63.6 Å². The highest BCUT2D eigenvalue weighted by Crippen LogP contribution is 2.35. The standard InChI is InChI=1S/C18H30N4O3/c1-21-15(20-22(2)17(21)24)12-13-6-3-4-7-14(13)19-16(23)8-11-18(25)9-5-10-18/h13-14,25H,3-12H2,1-2H3,(H,19,23)/t13-,14-/m1/s1. The summed E-state index contributed by atoms with van der Waals surface area (Å²) in [5.74, 6) is 1.12. The summed E-state index contributed by atoms with van der Waals surface area (Å²) in [5.41, 5.74) is -0.713. The largest absolute Gasteiger partial charge is 0.390 e. The van der Waals surface area contributed by atoms with Gasteiger partial charge in [-0.2, -0.15) is 5.10 Å². The van der Waals surface area contributed by atoms with Crippen molar-refractivity contribution in [1.82, 2.24) is 19.7 Å². The van der Waals surface area contributed by atoms with Crippen LogP contribution >= 0.6 is 0 Å². The Morgan fingerprint density at radius 3 is 2.60 bits per heavy atom. The third-order valence-electron chi connectivity index (χ3n) is 6.02. The van der Waals surface area contributed by atoms with Gasteiger partial charge in [0.2, 0.25) is 5.91 Å². The molecule has 0 saturated heterocycles. The van der Waals surface area contributed by atoms with Gasteiger partial charge in [-0.25, -0.2) is 9.48 Å². The zero-order valence-electron chi connectivity index (χ0n) is 15.3. The highest BCUT2D eigenvalue weighted by molar-refractivity contribution is 5.76. The lowest BCUT2D eigenvalue weighted by molar-refractivity contribution is -0.125. The van der Waals surface area contributed by atoms with E-state index in [4.69, 9.17) is 0 Å². The maximum atomic E-state index is 12.3. The van der Waals surface area contributed by atoms with Crippen molar-refractivity contribution in [3.05, 3.63) is 16.3 Å². The summed E-state index contributed by atoms with van der Waals surface area (Å²) in [6.07, 6.45) is 8.64. The quantitative estimate of drug-likeness (QED) is 0.802. The van der Waals surface area contributed by atoms with Crippen LogP contribution in [-0.4, -0.2) is 37.0 Å². The Hall–Kier alpha value is -1.63. The van der Waals surface area contributed by atoms with E-state index in [9.17, 15) is 14.7 Å². The van der Waals surface area contributed by atoms with Crippen molar-refractivity contribution in [1.29, 1.82) is 0 Å². The number of carbonyl (C=O) groups excluding carboxylic acids is 1. The van der Waals surface area contributed by atoms with Crippen LogP contribution in [0.2, 0.25) is 0 Å². The van der Waals surface area contributed by atoms with E-state index in [1.165, 1.54) is 4.68 Å². The van der Waals surface area contributed by atoms with Gasteiger partial charge in [-0.3, -0.25) is 9.36 Å².